The highest BCUT2D eigenvalue weighted by molar-refractivity contribution is 5.44. The van der Waals surface area contributed by atoms with Crippen LogP contribution in [0.15, 0.2) is 36.7 Å². The largest absolute Gasteiger partial charge is 0.454 e. The summed E-state index contributed by atoms with van der Waals surface area (Å²) < 4.78 is 10.9. The Balaban J connectivity index is 1.31. The molecule has 0 unspecified atom stereocenters. The third kappa shape index (κ3) is 2.29. The van der Waals surface area contributed by atoms with Gasteiger partial charge in [0, 0.05) is 44.1 Å². The molecule has 2 atom stereocenters. The molecule has 2 fully saturated rings. The minimum Gasteiger partial charge on any atom is -0.454 e. The summed E-state index contributed by atoms with van der Waals surface area (Å²) in [5.41, 5.74) is 1.29. The van der Waals surface area contributed by atoms with Crippen molar-refractivity contribution in [3.05, 3.63) is 42.2 Å². The van der Waals surface area contributed by atoms with Gasteiger partial charge in [0.05, 0.1) is 0 Å². The minimum absolute atomic E-state index is 0.333. The molecule has 0 radical (unpaired) electrons. The topological polar surface area (TPSA) is 50.7 Å². The molecule has 3 aliphatic heterocycles. The van der Waals surface area contributed by atoms with Crippen molar-refractivity contribution < 1.29 is 9.47 Å². The van der Waals surface area contributed by atoms with E-state index in [9.17, 15) is 0 Å². The fourth-order valence-electron chi connectivity index (χ4n) is 4.23. The van der Waals surface area contributed by atoms with Crippen LogP contribution >= 0.6 is 0 Å². The lowest BCUT2D eigenvalue weighted by Gasteiger charge is -2.25. The van der Waals surface area contributed by atoms with Crippen LogP contribution in [-0.4, -0.2) is 46.8 Å². The molecule has 124 valence electrons. The van der Waals surface area contributed by atoms with Crippen molar-refractivity contribution in [3.63, 3.8) is 0 Å². The predicted molar refractivity (Wildman–Crippen MR) is 89.2 cm³/mol. The van der Waals surface area contributed by atoms with Crippen molar-refractivity contribution in [1.82, 2.24) is 14.9 Å². The molecule has 0 bridgehead atoms. The number of aromatic nitrogens is 2. The fourth-order valence-corrected chi connectivity index (χ4v) is 4.23. The molecule has 0 spiro atoms. The van der Waals surface area contributed by atoms with Crippen LogP contribution in [0.2, 0.25) is 0 Å². The number of benzene rings is 1. The molecule has 1 aromatic heterocycles. The predicted octanol–water partition coefficient (Wildman–Crippen LogP) is 2.06. The number of hydrogen-bond donors (Lipinski definition) is 0. The second kappa shape index (κ2) is 5.63. The summed E-state index contributed by atoms with van der Waals surface area (Å²) in [6.07, 6.45) is 6.00. The van der Waals surface area contributed by atoms with E-state index < -0.39 is 0 Å². The monoisotopic (exact) mass is 324 g/mol. The maximum atomic E-state index is 5.50. The second-order valence-electron chi connectivity index (χ2n) is 6.61. The first kappa shape index (κ1) is 14.0. The summed E-state index contributed by atoms with van der Waals surface area (Å²) in [5, 5.41) is 0. The molecule has 0 amide bonds. The van der Waals surface area contributed by atoms with Crippen LogP contribution in [0.3, 0.4) is 0 Å². The number of likely N-dealkylation sites (tertiary alicyclic amines) is 1. The lowest BCUT2D eigenvalue weighted by atomic mass is 10.1. The first-order valence-electron chi connectivity index (χ1n) is 8.55. The molecule has 6 nitrogen and oxygen atoms in total. The highest BCUT2D eigenvalue weighted by atomic mass is 16.7. The van der Waals surface area contributed by atoms with Crippen molar-refractivity contribution in [2.75, 3.05) is 24.8 Å². The van der Waals surface area contributed by atoms with Gasteiger partial charge in [0.2, 0.25) is 12.7 Å². The number of nitrogens with zero attached hydrogens (tertiary/aromatic N) is 4. The van der Waals surface area contributed by atoms with Crippen LogP contribution in [0.4, 0.5) is 5.95 Å². The van der Waals surface area contributed by atoms with Gasteiger partial charge >= 0.3 is 0 Å². The van der Waals surface area contributed by atoms with Crippen LogP contribution in [0.1, 0.15) is 18.4 Å². The second-order valence-corrected chi connectivity index (χ2v) is 6.61. The third-order valence-electron chi connectivity index (χ3n) is 5.32. The summed E-state index contributed by atoms with van der Waals surface area (Å²) >= 11 is 0. The smallest absolute Gasteiger partial charge is 0.231 e. The van der Waals surface area contributed by atoms with Gasteiger partial charge in [-0.05, 0) is 36.6 Å². The van der Waals surface area contributed by atoms with Gasteiger partial charge in [-0.2, -0.15) is 0 Å². The molecular formula is C18H20N4O2. The highest BCUT2D eigenvalue weighted by Gasteiger charge is 2.43. The minimum atomic E-state index is 0.333. The van der Waals surface area contributed by atoms with Gasteiger partial charge in [-0.3, -0.25) is 4.90 Å². The quantitative estimate of drug-likeness (QED) is 0.861. The zero-order valence-electron chi connectivity index (χ0n) is 13.5. The van der Waals surface area contributed by atoms with E-state index >= 15 is 0 Å². The van der Waals surface area contributed by atoms with Crippen LogP contribution in [0.25, 0.3) is 0 Å². The standard InChI is InChI=1S/C18H20N4O2/c1-6-19-18(20-7-1)22-9-5-14-15(22)4-8-21(14)11-13-2-3-16-17(10-13)24-12-23-16/h1-3,6-7,10,14-15H,4-5,8-9,11-12H2/t14-,15+/m1/s1. The van der Waals surface area contributed by atoms with Crippen LogP contribution in [0, 0.1) is 0 Å². The Labute approximate surface area is 141 Å². The summed E-state index contributed by atoms with van der Waals surface area (Å²) in [4.78, 5) is 13.8. The van der Waals surface area contributed by atoms with Gasteiger partial charge in [-0.15, -0.1) is 0 Å². The van der Waals surface area contributed by atoms with E-state index in [2.05, 4.69) is 31.9 Å². The van der Waals surface area contributed by atoms with Crippen LogP contribution in [-0.2, 0) is 6.54 Å². The van der Waals surface area contributed by atoms with Crippen molar-refractivity contribution in [2.45, 2.75) is 31.5 Å². The zero-order chi connectivity index (χ0) is 15.9. The number of ether oxygens (including phenoxy) is 2. The van der Waals surface area contributed by atoms with Crippen molar-refractivity contribution in [1.29, 1.82) is 0 Å². The Bertz CT molecular complexity index is 739. The molecule has 2 saturated heterocycles. The molecule has 0 saturated carbocycles. The summed E-state index contributed by atoms with van der Waals surface area (Å²) in [7, 11) is 0. The fraction of sp³-hybridized carbons (Fsp3) is 0.444. The summed E-state index contributed by atoms with van der Waals surface area (Å²) in [5.74, 6) is 2.59. The summed E-state index contributed by atoms with van der Waals surface area (Å²) in [6, 6.07) is 9.26. The Morgan fingerprint density at radius 3 is 2.75 bits per heavy atom. The van der Waals surface area contributed by atoms with Crippen molar-refractivity contribution >= 4 is 5.95 Å². The third-order valence-corrected chi connectivity index (χ3v) is 5.32. The molecule has 2 aromatic rings. The van der Waals surface area contributed by atoms with Gasteiger partial charge in [0.15, 0.2) is 11.5 Å². The average Bonchev–Trinajstić information content (AvgIpc) is 3.32. The SMILES string of the molecule is c1cnc(N2CC[C@@H]3[C@@H]2CCN3Cc2ccc3c(c2)OCO3)nc1. The van der Waals surface area contributed by atoms with E-state index in [1.807, 2.05) is 24.5 Å². The Morgan fingerprint density at radius 1 is 1.00 bits per heavy atom. The van der Waals surface area contributed by atoms with E-state index in [1.54, 1.807) is 0 Å². The molecule has 24 heavy (non-hydrogen) atoms. The molecule has 0 aliphatic carbocycles. The van der Waals surface area contributed by atoms with E-state index in [1.165, 1.54) is 18.4 Å². The molecule has 6 heteroatoms. The normalized spacial score (nSPS) is 25.2. The molecule has 4 heterocycles. The van der Waals surface area contributed by atoms with Crippen molar-refractivity contribution in [3.8, 4) is 11.5 Å². The lowest BCUT2D eigenvalue weighted by Crippen LogP contribution is -2.37. The summed E-state index contributed by atoms with van der Waals surface area (Å²) in [6.45, 7) is 3.45. The molecule has 0 N–H and O–H groups in total. The number of fused-ring (bicyclic) bond motifs is 2. The zero-order valence-corrected chi connectivity index (χ0v) is 13.5. The number of rotatable bonds is 3. The van der Waals surface area contributed by atoms with E-state index in [4.69, 9.17) is 9.47 Å². The number of hydrogen-bond acceptors (Lipinski definition) is 6. The van der Waals surface area contributed by atoms with Gasteiger partial charge in [-0.25, -0.2) is 9.97 Å². The van der Waals surface area contributed by atoms with Gasteiger partial charge in [-0.1, -0.05) is 6.07 Å². The van der Waals surface area contributed by atoms with E-state index in [0.29, 0.717) is 18.9 Å². The van der Waals surface area contributed by atoms with E-state index in [-0.39, 0.29) is 0 Å². The molecular weight excluding hydrogens is 304 g/mol. The molecule has 1 aromatic carbocycles. The lowest BCUT2D eigenvalue weighted by molar-refractivity contribution is 0.174. The first-order chi connectivity index (χ1) is 11.9. The first-order valence-corrected chi connectivity index (χ1v) is 8.55. The van der Waals surface area contributed by atoms with Crippen molar-refractivity contribution in [2.24, 2.45) is 0 Å². The molecule has 3 aliphatic rings. The maximum Gasteiger partial charge on any atom is 0.231 e. The highest BCUT2D eigenvalue weighted by Crippen LogP contribution is 2.36. The average molecular weight is 324 g/mol. The van der Waals surface area contributed by atoms with Gasteiger partial charge in [0.25, 0.3) is 0 Å². The Morgan fingerprint density at radius 2 is 1.83 bits per heavy atom. The number of anilines is 1. The van der Waals surface area contributed by atoms with Crippen LogP contribution in [0.5, 0.6) is 11.5 Å². The Hall–Kier alpha value is -2.34. The molecule has 5 rings (SSSR count). The van der Waals surface area contributed by atoms with E-state index in [0.717, 1.165) is 37.1 Å². The van der Waals surface area contributed by atoms with Gasteiger partial charge < -0.3 is 14.4 Å². The maximum absolute atomic E-state index is 5.50. The van der Waals surface area contributed by atoms with Crippen LogP contribution < -0.4 is 14.4 Å². The van der Waals surface area contributed by atoms with Gasteiger partial charge in [0.1, 0.15) is 0 Å². The Kier molecular flexibility index (Phi) is 3.29.